The highest BCUT2D eigenvalue weighted by atomic mass is 32.1. The molecule has 2 N–H and O–H groups in total. The van der Waals surface area contributed by atoms with Crippen LogP contribution < -0.4 is 4.80 Å². The van der Waals surface area contributed by atoms with Crippen molar-refractivity contribution in [2.24, 2.45) is 10.1 Å². The molecule has 1 heterocycles. The average Bonchev–Trinajstić information content (AvgIpc) is 3.03. The first-order valence-corrected chi connectivity index (χ1v) is 8.93. The molecular weight excluding hydrogens is 346 g/mol. The van der Waals surface area contributed by atoms with E-state index in [9.17, 15) is 10.2 Å². The van der Waals surface area contributed by atoms with Crippen molar-refractivity contribution < 1.29 is 10.2 Å². The van der Waals surface area contributed by atoms with Crippen LogP contribution in [0, 0.1) is 0 Å². The Morgan fingerprint density at radius 3 is 2.65 bits per heavy atom. The van der Waals surface area contributed by atoms with Crippen molar-refractivity contribution in [3.8, 4) is 22.8 Å². The molecule has 5 nitrogen and oxygen atoms in total. The Kier molecular flexibility index (Phi) is 5.34. The summed E-state index contributed by atoms with van der Waals surface area (Å²) in [4.78, 5) is 5.25. The van der Waals surface area contributed by atoms with Crippen molar-refractivity contribution in [2.75, 3.05) is 6.54 Å². The van der Waals surface area contributed by atoms with Gasteiger partial charge in [0, 0.05) is 22.6 Å². The third kappa shape index (κ3) is 3.75. The van der Waals surface area contributed by atoms with E-state index in [1.807, 2.05) is 42.6 Å². The Hall–Kier alpha value is -3.12. The molecule has 132 valence electrons. The van der Waals surface area contributed by atoms with Crippen LogP contribution in [0.25, 0.3) is 11.3 Å². The van der Waals surface area contributed by atoms with Gasteiger partial charge in [0.2, 0.25) is 4.80 Å². The predicted molar refractivity (Wildman–Crippen MR) is 106 cm³/mol. The van der Waals surface area contributed by atoms with Gasteiger partial charge in [0.15, 0.2) is 0 Å². The fraction of sp³-hybridized carbons (Fsp3) is 0.100. The number of aromatic nitrogens is 1. The second-order valence-corrected chi connectivity index (χ2v) is 6.43. The molecule has 26 heavy (non-hydrogen) atoms. The van der Waals surface area contributed by atoms with Crippen LogP contribution in [0.2, 0.25) is 0 Å². The molecule has 6 heteroatoms. The van der Waals surface area contributed by atoms with E-state index in [0.29, 0.717) is 17.8 Å². The largest absolute Gasteiger partial charge is 0.508 e. The zero-order valence-electron chi connectivity index (χ0n) is 14.3. The van der Waals surface area contributed by atoms with Gasteiger partial charge in [-0.05, 0) is 19.1 Å². The third-order valence-electron chi connectivity index (χ3n) is 3.73. The van der Waals surface area contributed by atoms with Gasteiger partial charge < -0.3 is 10.2 Å². The Bertz CT molecular complexity index is 1020. The van der Waals surface area contributed by atoms with E-state index in [1.165, 1.54) is 23.5 Å². The van der Waals surface area contributed by atoms with E-state index in [-0.39, 0.29) is 11.5 Å². The Balaban J connectivity index is 2.15. The molecule has 0 aliphatic heterocycles. The maximum Gasteiger partial charge on any atom is 0.206 e. The molecule has 0 saturated carbocycles. The summed E-state index contributed by atoms with van der Waals surface area (Å²) in [5.74, 6) is -0.0122. The number of aromatic hydroxyl groups is 2. The van der Waals surface area contributed by atoms with Crippen LogP contribution in [0.3, 0.4) is 0 Å². The minimum atomic E-state index is -0.0204. The standard InChI is InChI=1S/C20H19N3O2S/c1-3-11-21-20-23(18(13-26-20)15-7-5-4-6-8-15)22-14(2)17-10-9-16(24)12-19(17)25/h3-10,12-13,24-25H,1,11H2,2H3. The zero-order valence-corrected chi connectivity index (χ0v) is 15.1. The predicted octanol–water partition coefficient (Wildman–Crippen LogP) is 3.99. The maximum atomic E-state index is 10.1. The molecule has 0 unspecified atom stereocenters. The van der Waals surface area contributed by atoms with E-state index in [4.69, 9.17) is 0 Å². The van der Waals surface area contributed by atoms with Crippen LogP contribution in [0.15, 0.2) is 76.7 Å². The van der Waals surface area contributed by atoms with E-state index < -0.39 is 0 Å². The number of hydrogen-bond donors (Lipinski definition) is 2. The first-order valence-electron chi connectivity index (χ1n) is 8.05. The van der Waals surface area contributed by atoms with Gasteiger partial charge in [-0.1, -0.05) is 36.4 Å². The lowest BCUT2D eigenvalue weighted by Gasteiger charge is -2.08. The summed E-state index contributed by atoms with van der Waals surface area (Å²) in [5, 5.41) is 26.3. The van der Waals surface area contributed by atoms with Gasteiger partial charge in [0.25, 0.3) is 0 Å². The fourth-order valence-electron chi connectivity index (χ4n) is 2.48. The maximum absolute atomic E-state index is 10.1. The fourth-order valence-corrected chi connectivity index (χ4v) is 3.33. The van der Waals surface area contributed by atoms with Crippen molar-refractivity contribution in [1.82, 2.24) is 4.68 Å². The van der Waals surface area contributed by atoms with Gasteiger partial charge in [-0.25, -0.2) is 4.68 Å². The van der Waals surface area contributed by atoms with Gasteiger partial charge in [0.05, 0.1) is 18.0 Å². The van der Waals surface area contributed by atoms with Crippen molar-refractivity contribution >= 4 is 17.0 Å². The summed E-state index contributed by atoms with van der Waals surface area (Å²) in [5.41, 5.74) is 3.10. The lowest BCUT2D eigenvalue weighted by molar-refractivity contribution is 0.450. The molecule has 0 aliphatic rings. The van der Waals surface area contributed by atoms with Gasteiger partial charge >= 0.3 is 0 Å². The van der Waals surface area contributed by atoms with Crippen molar-refractivity contribution in [1.29, 1.82) is 0 Å². The SMILES string of the molecule is C=CCN=c1scc(-c2ccccc2)n1N=C(C)c1ccc(O)cc1O. The topological polar surface area (TPSA) is 70.1 Å². The summed E-state index contributed by atoms with van der Waals surface area (Å²) >= 11 is 1.49. The van der Waals surface area contributed by atoms with Gasteiger partial charge in [-0.15, -0.1) is 17.9 Å². The van der Waals surface area contributed by atoms with Gasteiger partial charge in [0.1, 0.15) is 11.5 Å². The second kappa shape index (κ2) is 7.84. The van der Waals surface area contributed by atoms with Gasteiger partial charge in [-0.3, -0.25) is 4.99 Å². The monoisotopic (exact) mass is 365 g/mol. The highest BCUT2D eigenvalue weighted by molar-refractivity contribution is 7.07. The molecular formula is C20H19N3O2S. The Morgan fingerprint density at radius 1 is 1.19 bits per heavy atom. The number of thiazole rings is 1. The van der Waals surface area contributed by atoms with Crippen LogP contribution in [-0.4, -0.2) is 27.1 Å². The van der Waals surface area contributed by atoms with Crippen molar-refractivity contribution in [2.45, 2.75) is 6.92 Å². The molecule has 2 aromatic carbocycles. The van der Waals surface area contributed by atoms with Crippen LogP contribution in [0.1, 0.15) is 12.5 Å². The Labute approximate surface area is 155 Å². The normalized spacial score (nSPS) is 12.3. The summed E-state index contributed by atoms with van der Waals surface area (Å²) < 4.78 is 1.77. The smallest absolute Gasteiger partial charge is 0.206 e. The van der Waals surface area contributed by atoms with E-state index in [0.717, 1.165) is 16.1 Å². The number of hydrogen-bond acceptors (Lipinski definition) is 5. The van der Waals surface area contributed by atoms with Crippen LogP contribution in [-0.2, 0) is 0 Å². The highest BCUT2D eigenvalue weighted by Crippen LogP contribution is 2.24. The molecule has 0 saturated heterocycles. The van der Waals surface area contributed by atoms with Crippen molar-refractivity contribution in [3.05, 3.63) is 76.9 Å². The summed E-state index contributed by atoms with van der Waals surface area (Å²) in [6, 6.07) is 14.4. The number of benzene rings is 2. The number of phenols is 2. The molecule has 0 fully saturated rings. The molecule has 3 rings (SSSR count). The molecule has 0 aliphatic carbocycles. The third-order valence-corrected chi connectivity index (χ3v) is 4.59. The van der Waals surface area contributed by atoms with Gasteiger partial charge in [-0.2, -0.15) is 5.10 Å². The second-order valence-electron chi connectivity index (χ2n) is 5.60. The first kappa shape index (κ1) is 17.7. The summed E-state index contributed by atoms with van der Waals surface area (Å²) in [6.45, 7) is 6.01. The van der Waals surface area contributed by atoms with Crippen LogP contribution in [0.4, 0.5) is 0 Å². The van der Waals surface area contributed by atoms with E-state index >= 15 is 0 Å². The zero-order chi connectivity index (χ0) is 18.5. The lowest BCUT2D eigenvalue weighted by Crippen LogP contribution is -2.14. The molecule has 0 radical (unpaired) electrons. The molecule has 0 amide bonds. The minimum Gasteiger partial charge on any atom is -0.508 e. The first-order chi connectivity index (χ1) is 12.6. The average molecular weight is 365 g/mol. The van der Waals surface area contributed by atoms with Crippen LogP contribution >= 0.6 is 11.3 Å². The Morgan fingerprint density at radius 2 is 1.96 bits per heavy atom. The van der Waals surface area contributed by atoms with Crippen molar-refractivity contribution in [3.63, 3.8) is 0 Å². The quantitative estimate of drug-likeness (QED) is 0.530. The number of nitrogens with zero attached hydrogens (tertiary/aromatic N) is 3. The number of phenolic OH excluding ortho intramolecular Hbond substituents is 2. The lowest BCUT2D eigenvalue weighted by atomic mass is 10.1. The van der Waals surface area contributed by atoms with E-state index in [1.54, 1.807) is 16.8 Å². The molecule has 0 spiro atoms. The molecule has 0 bridgehead atoms. The number of rotatable bonds is 5. The molecule has 3 aromatic rings. The summed E-state index contributed by atoms with van der Waals surface area (Å²) in [6.07, 6.45) is 1.73. The highest BCUT2D eigenvalue weighted by Gasteiger charge is 2.10. The minimum absolute atomic E-state index is 0.00822. The van der Waals surface area contributed by atoms with Crippen LogP contribution in [0.5, 0.6) is 11.5 Å². The molecule has 0 atom stereocenters. The molecule has 1 aromatic heterocycles. The summed E-state index contributed by atoms with van der Waals surface area (Å²) in [7, 11) is 0. The van der Waals surface area contributed by atoms with E-state index in [2.05, 4.69) is 16.7 Å².